The van der Waals surface area contributed by atoms with Gasteiger partial charge in [-0.25, -0.2) is 8.42 Å². The Labute approximate surface area is 162 Å². The van der Waals surface area contributed by atoms with Gasteiger partial charge in [-0.15, -0.1) is 12.6 Å². The lowest BCUT2D eigenvalue weighted by Crippen LogP contribution is -2.25. The van der Waals surface area contributed by atoms with E-state index in [1.807, 2.05) is 0 Å². The first-order valence-electron chi connectivity index (χ1n) is 7.97. The number of carbonyl (C=O) groups is 2. The molecule has 0 radical (unpaired) electrons. The zero-order valence-electron chi connectivity index (χ0n) is 14.3. The number of benzene rings is 2. The van der Waals surface area contributed by atoms with Gasteiger partial charge in [-0.05, 0) is 30.3 Å². The third-order valence-corrected chi connectivity index (χ3v) is 6.10. The van der Waals surface area contributed by atoms with Crippen molar-refractivity contribution in [1.29, 1.82) is 0 Å². The number of thiol groups is 1. The summed E-state index contributed by atoms with van der Waals surface area (Å²) in [7, 11) is -2.18. The lowest BCUT2D eigenvalue weighted by atomic mass is 10.1. The van der Waals surface area contributed by atoms with E-state index in [4.69, 9.17) is 0 Å². The van der Waals surface area contributed by atoms with Crippen LogP contribution in [0, 0.1) is 0 Å². The first-order valence-corrected chi connectivity index (χ1v) is 9.90. The molecule has 0 unspecified atom stereocenters. The third kappa shape index (κ3) is 3.69. The maximum atomic E-state index is 12.9. The monoisotopic (exact) mass is 403 g/mol. The highest BCUT2D eigenvalue weighted by atomic mass is 32.2. The van der Waals surface area contributed by atoms with Gasteiger partial charge in [0.15, 0.2) is 0 Å². The van der Waals surface area contributed by atoms with Crippen LogP contribution in [-0.2, 0) is 9.84 Å². The second kappa shape index (κ2) is 7.45. The van der Waals surface area contributed by atoms with Crippen molar-refractivity contribution in [2.45, 2.75) is 9.79 Å². The highest BCUT2D eigenvalue weighted by Crippen LogP contribution is 2.34. The average molecular weight is 403 g/mol. The van der Waals surface area contributed by atoms with Gasteiger partial charge in [0, 0.05) is 23.7 Å². The van der Waals surface area contributed by atoms with E-state index in [1.165, 1.54) is 30.3 Å². The van der Waals surface area contributed by atoms with Crippen LogP contribution in [0.1, 0.15) is 20.7 Å². The van der Waals surface area contributed by atoms with Crippen LogP contribution >= 0.6 is 12.6 Å². The van der Waals surface area contributed by atoms with Gasteiger partial charge in [0.25, 0.3) is 11.8 Å². The number of carbonyl (C=O) groups excluding carboxylic acids is 2. The van der Waals surface area contributed by atoms with E-state index in [-0.39, 0.29) is 33.2 Å². The van der Waals surface area contributed by atoms with Crippen LogP contribution in [0.2, 0.25) is 0 Å². The van der Waals surface area contributed by atoms with Gasteiger partial charge in [-0.1, -0.05) is 12.1 Å². The van der Waals surface area contributed by atoms with Crippen LogP contribution in [0.4, 0.5) is 5.69 Å². The Morgan fingerprint density at radius 2 is 1.93 bits per heavy atom. The molecule has 0 aliphatic carbocycles. The fraction of sp³-hybridized carbons (Fsp3) is 0.111. The van der Waals surface area contributed by atoms with E-state index in [2.05, 4.69) is 28.6 Å². The fourth-order valence-corrected chi connectivity index (χ4v) is 4.49. The second-order valence-corrected chi connectivity index (χ2v) is 8.23. The molecular weight excluding hydrogens is 386 g/mol. The first kappa shape index (κ1) is 19.0. The van der Waals surface area contributed by atoms with Crippen molar-refractivity contribution in [3.63, 3.8) is 0 Å². The summed E-state index contributed by atoms with van der Waals surface area (Å²) in [6.07, 6.45) is 1.63. The van der Waals surface area contributed by atoms with E-state index in [0.717, 1.165) is 0 Å². The number of hydrogen-bond donors (Lipinski definition) is 4. The molecule has 1 aliphatic heterocycles. The maximum absolute atomic E-state index is 12.9. The smallest absolute Gasteiger partial charge is 0.257 e. The quantitative estimate of drug-likeness (QED) is 0.583. The van der Waals surface area contributed by atoms with Crippen molar-refractivity contribution in [3.8, 4) is 0 Å². The van der Waals surface area contributed by atoms with Gasteiger partial charge in [-0.2, -0.15) is 0 Å². The van der Waals surface area contributed by atoms with Gasteiger partial charge >= 0.3 is 0 Å². The van der Waals surface area contributed by atoms with Crippen LogP contribution in [-0.4, -0.2) is 33.8 Å². The summed E-state index contributed by atoms with van der Waals surface area (Å²) in [5.74, 6) is -0.956. The Morgan fingerprint density at radius 3 is 2.67 bits per heavy atom. The van der Waals surface area contributed by atoms with Crippen molar-refractivity contribution in [3.05, 3.63) is 64.7 Å². The highest BCUT2D eigenvalue weighted by Gasteiger charge is 2.31. The number of fused-ring (bicyclic) bond motifs is 2. The summed E-state index contributed by atoms with van der Waals surface area (Å²) in [6.45, 7) is 0.204. The van der Waals surface area contributed by atoms with Crippen molar-refractivity contribution >= 4 is 40.0 Å². The van der Waals surface area contributed by atoms with Crippen LogP contribution in [0.15, 0.2) is 63.4 Å². The second-order valence-electron chi connectivity index (χ2n) is 5.77. The Balaban J connectivity index is 1.97. The summed E-state index contributed by atoms with van der Waals surface area (Å²) in [5.41, 5.74) is 0.359. The van der Waals surface area contributed by atoms with Crippen molar-refractivity contribution in [2.24, 2.45) is 0 Å². The molecule has 0 aromatic heterocycles. The lowest BCUT2D eigenvalue weighted by molar-refractivity contribution is 0.0956. The van der Waals surface area contributed by atoms with Gasteiger partial charge in [-0.3, -0.25) is 9.59 Å². The molecule has 2 amide bonds. The normalized spacial score (nSPS) is 15.0. The maximum Gasteiger partial charge on any atom is 0.257 e. The topological polar surface area (TPSA) is 104 Å². The van der Waals surface area contributed by atoms with Gasteiger partial charge in [0.1, 0.15) is 0 Å². The summed E-state index contributed by atoms with van der Waals surface area (Å²) in [5, 5.41) is 8.05. The minimum atomic E-state index is -3.89. The van der Waals surface area contributed by atoms with Gasteiger partial charge in [0.2, 0.25) is 9.84 Å². The van der Waals surface area contributed by atoms with Gasteiger partial charge in [0.05, 0.1) is 27.6 Å². The number of amides is 2. The largest absolute Gasteiger partial charge is 0.393 e. The zero-order valence-corrected chi connectivity index (χ0v) is 16.0. The van der Waals surface area contributed by atoms with Crippen LogP contribution in [0.25, 0.3) is 0 Å². The standard InChI is InChI=1S/C18H17N3O4S2/c1-19-9-12(26)10-20-17(22)11-6-7-16-14(8-11)21-18(23)13-4-2-3-5-15(13)27(16,24)25/h2-9,19,26H,10H2,1H3,(H,20,22)(H,21,23)/b12-9-. The predicted octanol–water partition coefficient (Wildman–Crippen LogP) is 1.81. The molecule has 9 heteroatoms. The third-order valence-electron chi connectivity index (χ3n) is 3.94. The average Bonchev–Trinajstić information content (AvgIpc) is 2.73. The number of nitrogens with one attached hydrogen (secondary N) is 3. The summed E-state index contributed by atoms with van der Waals surface area (Å²) in [4.78, 5) is 25.3. The summed E-state index contributed by atoms with van der Waals surface area (Å²) < 4.78 is 25.8. The van der Waals surface area contributed by atoms with E-state index in [0.29, 0.717) is 4.91 Å². The molecule has 0 saturated heterocycles. The Kier molecular flexibility index (Phi) is 5.24. The molecule has 3 N–H and O–H groups in total. The molecule has 0 bridgehead atoms. The molecule has 27 heavy (non-hydrogen) atoms. The molecule has 140 valence electrons. The van der Waals surface area contributed by atoms with E-state index in [1.54, 1.807) is 25.4 Å². The number of hydrogen-bond acceptors (Lipinski definition) is 6. The molecule has 2 aromatic carbocycles. The number of rotatable bonds is 4. The molecular formula is C18H17N3O4S2. The molecule has 0 atom stereocenters. The van der Waals surface area contributed by atoms with Crippen LogP contribution in [0.5, 0.6) is 0 Å². The molecule has 1 aliphatic rings. The van der Waals surface area contributed by atoms with Crippen molar-refractivity contribution in [1.82, 2.24) is 10.6 Å². The highest BCUT2D eigenvalue weighted by molar-refractivity contribution is 7.91. The van der Waals surface area contributed by atoms with Gasteiger partial charge < -0.3 is 16.0 Å². The predicted molar refractivity (Wildman–Crippen MR) is 105 cm³/mol. The Bertz CT molecular complexity index is 1060. The molecule has 3 rings (SSSR count). The van der Waals surface area contributed by atoms with E-state index in [9.17, 15) is 18.0 Å². The van der Waals surface area contributed by atoms with Crippen LogP contribution in [0.3, 0.4) is 0 Å². The first-order chi connectivity index (χ1) is 12.8. The number of anilines is 1. The molecule has 2 aromatic rings. The SMILES string of the molecule is CN/C=C(\S)CNC(=O)c1ccc2c(c1)NC(=O)c1ccccc1S2(=O)=O. The Hall–Kier alpha value is -2.78. The Morgan fingerprint density at radius 1 is 1.19 bits per heavy atom. The molecule has 0 spiro atoms. The molecule has 0 saturated carbocycles. The fourth-order valence-electron chi connectivity index (χ4n) is 2.69. The minimum absolute atomic E-state index is 0.0534. The molecule has 1 heterocycles. The molecule has 0 fully saturated rings. The zero-order chi connectivity index (χ0) is 19.6. The van der Waals surface area contributed by atoms with Crippen molar-refractivity contribution in [2.75, 3.05) is 18.9 Å². The minimum Gasteiger partial charge on any atom is -0.393 e. The van der Waals surface area contributed by atoms with Crippen LogP contribution < -0.4 is 16.0 Å². The lowest BCUT2D eigenvalue weighted by Gasteiger charge is -2.10. The number of sulfone groups is 1. The summed E-state index contributed by atoms with van der Waals surface area (Å²) in [6, 6.07) is 10.1. The van der Waals surface area contributed by atoms with E-state index >= 15 is 0 Å². The summed E-state index contributed by atoms with van der Waals surface area (Å²) >= 11 is 4.20. The van der Waals surface area contributed by atoms with E-state index < -0.39 is 21.7 Å². The molecule has 7 nitrogen and oxygen atoms in total. The van der Waals surface area contributed by atoms with Crippen molar-refractivity contribution < 1.29 is 18.0 Å².